The molecule has 0 saturated carbocycles. The summed E-state index contributed by atoms with van der Waals surface area (Å²) in [5, 5.41) is 0. The Morgan fingerprint density at radius 3 is 1.35 bits per heavy atom. The quantitative estimate of drug-likeness (QED) is 0.121. The Balaban J connectivity index is 1.22. The summed E-state index contributed by atoms with van der Waals surface area (Å²) in [6, 6.07) is 75.4. The van der Waals surface area contributed by atoms with Crippen LogP contribution < -0.4 is 21.3 Å². The van der Waals surface area contributed by atoms with E-state index in [0.717, 1.165) is 55.9 Å². The predicted octanol–water partition coefficient (Wildman–Crippen LogP) is 14.0. The van der Waals surface area contributed by atoms with Crippen molar-refractivity contribution < 1.29 is 0 Å². The standard InChI is InChI=1S/C63H53BN4/c1-42-37-44(3)59(45(4)38-42)64(60-46(5)39-43(2)40-47(60)6)53-33-35-54(36-34-53)68(58-32-19-18-30-56(58)50-25-14-9-15-26-50)63-66-61(52-28-20-27-51(41-52)48-21-10-7-11-22-48)65-62(67-63)57-31-17-16-29-55(57)49-23-12-8-13-24-49/h7-41H,1-6H3. The van der Waals surface area contributed by atoms with Crippen LogP contribution in [0.2, 0.25) is 0 Å². The molecular formula is C63H53BN4. The second kappa shape index (κ2) is 19.0. The first-order chi connectivity index (χ1) is 33.2. The molecule has 0 bridgehead atoms. The molecule has 5 heteroatoms. The lowest BCUT2D eigenvalue weighted by Crippen LogP contribution is -2.55. The van der Waals surface area contributed by atoms with Crippen LogP contribution in [0.5, 0.6) is 0 Å². The predicted molar refractivity (Wildman–Crippen MR) is 288 cm³/mol. The molecule has 10 rings (SSSR count). The number of aromatic nitrogens is 3. The van der Waals surface area contributed by atoms with Crippen LogP contribution in [0.4, 0.5) is 17.3 Å². The van der Waals surface area contributed by atoms with Gasteiger partial charge in [-0.15, -0.1) is 0 Å². The van der Waals surface area contributed by atoms with Gasteiger partial charge in [0.15, 0.2) is 11.6 Å². The van der Waals surface area contributed by atoms with E-state index in [-0.39, 0.29) is 6.71 Å². The normalized spacial score (nSPS) is 11.1. The van der Waals surface area contributed by atoms with Crippen LogP contribution in [0, 0.1) is 41.5 Å². The van der Waals surface area contributed by atoms with Crippen molar-refractivity contribution in [2.24, 2.45) is 0 Å². The maximum Gasteiger partial charge on any atom is 0.242 e. The third-order valence-corrected chi connectivity index (χ3v) is 13.1. The van der Waals surface area contributed by atoms with E-state index in [4.69, 9.17) is 15.0 Å². The summed E-state index contributed by atoms with van der Waals surface area (Å²) >= 11 is 0. The fourth-order valence-corrected chi connectivity index (χ4v) is 10.2. The Morgan fingerprint density at radius 2 is 0.779 bits per heavy atom. The van der Waals surface area contributed by atoms with Crippen LogP contribution in [0.15, 0.2) is 212 Å². The Kier molecular flexibility index (Phi) is 12.2. The SMILES string of the molecule is Cc1cc(C)c(B(c2ccc(N(c3nc(-c4cccc(-c5ccccc5)c4)nc(-c4ccccc4-c4ccccc4)n3)c3ccccc3-c3ccccc3)cc2)c2c(C)cc(C)cc2C)c(C)c1. The smallest absolute Gasteiger partial charge is 0.242 e. The monoisotopic (exact) mass is 876 g/mol. The Bertz CT molecular complexity index is 3300. The first-order valence-electron chi connectivity index (χ1n) is 23.5. The number of aryl methyl sites for hydroxylation is 6. The van der Waals surface area contributed by atoms with Gasteiger partial charge in [-0.1, -0.05) is 238 Å². The lowest BCUT2D eigenvalue weighted by molar-refractivity contribution is 1.02. The van der Waals surface area contributed by atoms with Gasteiger partial charge in [0.05, 0.1) is 5.69 Å². The molecule has 4 nitrogen and oxygen atoms in total. The Labute approximate surface area is 401 Å². The summed E-state index contributed by atoms with van der Waals surface area (Å²) in [7, 11) is 0. The third kappa shape index (κ3) is 8.79. The van der Waals surface area contributed by atoms with Crippen molar-refractivity contribution in [1.29, 1.82) is 0 Å². The number of rotatable bonds is 11. The van der Waals surface area contributed by atoms with Gasteiger partial charge in [-0.05, 0) is 93.6 Å². The molecule has 328 valence electrons. The van der Waals surface area contributed by atoms with Crippen molar-refractivity contribution in [1.82, 2.24) is 15.0 Å². The number of hydrogen-bond donors (Lipinski definition) is 0. The molecule has 1 aromatic heterocycles. The maximum atomic E-state index is 5.50. The van der Waals surface area contributed by atoms with Crippen molar-refractivity contribution in [3.8, 4) is 56.2 Å². The van der Waals surface area contributed by atoms with E-state index in [9.17, 15) is 0 Å². The first kappa shape index (κ1) is 43.7. The Hall–Kier alpha value is -8.15. The molecule has 0 amide bonds. The zero-order valence-electron chi connectivity index (χ0n) is 39.6. The minimum atomic E-state index is 0.0251. The second-order valence-electron chi connectivity index (χ2n) is 18.0. The molecule has 0 unspecified atom stereocenters. The van der Waals surface area contributed by atoms with E-state index in [1.54, 1.807) is 0 Å². The van der Waals surface area contributed by atoms with E-state index in [0.29, 0.717) is 17.6 Å². The van der Waals surface area contributed by atoms with Gasteiger partial charge >= 0.3 is 0 Å². The molecule has 0 aliphatic carbocycles. The minimum Gasteiger partial charge on any atom is -0.278 e. The van der Waals surface area contributed by atoms with Gasteiger partial charge in [0.25, 0.3) is 0 Å². The summed E-state index contributed by atoms with van der Waals surface area (Å²) in [6.07, 6.45) is 0. The number of para-hydroxylation sites is 1. The minimum absolute atomic E-state index is 0.0251. The number of hydrogen-bond acceptors (Lipinski definition) is 4. The largest absolute Gasteiger partial charge is 0.278 e. The van der Waals surface area contributed by atoms with Gasteiger partial charge in [0.1, 0.15) is 0 Å². The van der Waals surface area contributed by atoms with Crippen molar-refractivity contribution in [2.45, 2.75) is 41.5 Å². The van der Waals surface area contributed by atoms with Gasteiger partial charge in [0, 0.05) is 22.4 Å². The van der Waals surface area contributed by atoms with Crippen molar-refractivity contribution in [3.63, 3.8) is 0 Å². The van der Waals surface area contributed by atoms with E-state index in [1.165, 1.54) is 49.8 Å². The van der Waals surface area contributed by atoms with Crippen molar-refractivity contribution in [2.75, 3.05) is 4.90 Å². The summed E-state index contributed by atoms with van der Waals surface area (Å²) in [6.45, 7) is 13.5. The van der Waals surface area contributed by atoms with Crippen LogP contribution >= 0.6 is 0 Å². The molecule has 9 aromatic carbocycles. The Morgan fingerprint density at radius 1 is 0.338 bits per heavy atom. The lowest BCUT2D eigenvalue weighted by atomic mass is 9.34. The number of benzene rings is 9. The lowest BCUT2D eigenvalue weighted by Gasteiger charge is -2.28. The van der Waals surface area contributed by atoms with Gasteiger partial charge in [-0.3, -0.25) is 4.90 Å². The van der Waals surface area contributed by atoms with E-state index < -0.39 is 0 Å². The van der Waals surface area contributed by atoms with Crippen LogP contribution in [-0.4, -0.2) is 21.7 Å². The van der Waals surface area contributed by atoms with Crippen LogP contribution in [-0.2, 0) is 0 Å². The fraction of sp³-hybridized carbons (Fsp3) is 0.0952. The van der Waals surface area contributed by atoms with Gasteiger partial charge in [-0.2, -0.15) is 9.97 Å². The summed E-state index contributed by atoms with van der Waals surface area (Å²) in [5.41, 5.74) is 21.9. The molecule has 0 saturated heterocycles. The summed E-state index contributed by atoms with van der Waals surface area (Å²) in [5.74, 6) is 1.69. The molecule has 0 N–H and O–H groups in total. The van der Waals surface area contributed by atoms with Crippen LogP contribution in [0.25, 0.3) is 56.2 Å². The maximum absolute atomic E-state index is 5.50. The molecule has 0 fully saturated rings. The van der Waals surface area contributed by atoms with Gasteiger partial charge < -0.3 is 0 Å². The van der Waals surface area contributed by atoms with Crippen LogP contribution in [0.1, 0.15) is 33.4 Å². The number of nitrogens with zero attached hydrogens (tertiary/aromatic N) is 4. The molecule has 0 radical (unpaired) electrons. The number of anilines is 3. The van der Waals surface area contributed by atoms with Crippen molar-refractivity contribution in [3.05, 3.63) is 246 Å². The molecule has 0 spiro atoms. The molecular weight excluding hydrogens is 824 g/mol. The summed E-state index contributed by atoms with van der Waals surface area (Å²) in [4.78, 5) is 18.5. The van der Waals surface area contributed by atoms with Crippen molar-refractivity contribution >= 4 is 40.4 Å². The molecule has 0 atom stereocenters. The molecule has 0 aliphatic rings. The zero-order chi connectivity index (χ0) is 46.7. The van der Waals surface area contributed by atoms with E-state index >= 15 is 0 Å². The average molecular weight is 877 g/mol. The first-order valence-corrected chi connectivity index (χ1v) is 23.5. The average Bonchev–Trinajstić information content (AvgIpc) is 3.36. The molecule has 68 heavy (non-hydrogen) atoms. The topological polar surface area (TPSA) is 41.9 Å². The highest BCUT2D eigenvalue weighted by Crippen LogP contribution is 2.41. The molecule has 10 aromatic rings. The van der Waals surface area contributed by atoms with Gasteiger partial charge in [-0.25, -0.2) is 4.98 Å². The highest BCUT2D eigenvalue weighted by atomic mass is 15.3. The highest BCUT2D eigenvalue weighted by Gasteiger charge is 2.30. The van der Waals surface area contributed by atoms with E-state index in [2.05, 4.69) is 247 Å². The summed E-state index contributed by atoms with van der Waals surface area (Å²) < 4.78 is 0. The van der Waals surface area contributed by atoms with Crippen LogP contribution in [0.3, 0.4) is 0 Å². The highest BCUT2D eigenvalue weighted by molar-refractivity contribution is 6.96. The fourth-order valence-electron chi connectivity index (χ4n) is 10.2. The second-order valence-corrected chi connectivity index (χ2v) is 18.0. The van der Waals surface area contributed by atoms with E-state index in [1.807, 2.05) is 12.1 Å². The zero-order valence-corrected chi connectivity index (χ0v) is 39.6. The molecule has 0 aliphatic heterocycles. The molecule has 1 heterocycles. The third-order valence-electron chi connectivity index (χ3n) is 13.1. The van der Waals surface area contributed by atoms with Gasteiger partial charge in [0.2, 0.25) is 12.7 Å².